The van der Waals surface area contributed by atoms with E-state index in [2.05, 4.69) is 23.2 Å². The van der Waals surface area contributed by atoms with Gasteiger partial charge < -0.3 is 29.0 Å². The van der Waals surface area contributed by atoms with E-state index >= 15 is 0 Å². The van der Waals surface area contributed by atoms with Crippen LogP contribution in [0.2, 0.25) is 0 Å². The molecule has 0 bridgehead atoms. The highest BCUT2D eigenvalue weighted by molar-refractivity contribution is 5.96. The molecule has 0 radical (unpaired) electrons. The zero-order chi connectivity index (χ0) is 31.5. The summed E-state index contributed by atoms with van der Waals surface area (Å²) < 4.78 is 16.3. The van der Waals surface area contributed by atoms with Crippen molar-refractivity contribution in [1.82, 2.24) is 9.88 Å². The van der Waals surface area contributed by atoms with Crippen molar-refractivity contribution in [2.45, 2.75) is 71.5 Å². The van der Waals surface area contributed by atoms with Crippen LogP contribution in [0.25, 0.3) is 0 Å². The normalized spacial score (nSPS) is 18.7. The number of hydrogen-bond acceptors (Lipinski definition) is 8. The van der Waals surface area contributed by atoms with E-state index in [0.717, 1.165) is 25.0 Å². The van der Waals surface area contributed by atoms with E-state index in [0.29, 0.717) is 35.7 Å². The first kappa shape index (κ1) is 33.4. The number of phenolic OH excluding ortho intramolecular Hbond substituents is 1. The summed E-state index contributed by atoms with van der Waals surface area (Å²) >= 11 is 0. The van der Waals surface area contributed by atoms with E-state index in [1.807, 2.05) is 32.1 Å². The summed E-state index contributed by atoms with van der Waals surface area (Å²) in [5.74, 6) is 0.192. The fraction of sp³-hybridized carbons (Fsp3) is 0.441. The second-order valence-corrected chi connectivity index (χ2v) is 11.1. The zero-order valence-electron chi connectivity index (χ0n) is 25.9. The summed E-state index contributed by atoms with van der Waals surface area (Å²) in [4.78, 5) is 30.8. The Labute approximate surface area is 254 Å². The van der Waals surface area contributed by atoms with Crippen molar-refractivity contribution in [3.05, 3.63) is 95.0 Å². The Bertz CT molecular complexity index is 1370. The van der Waals surface area contributed by atoms with Gasteiger partial charge in [0.15, 0.2) is 5.89 Å². The molecule has 43 heavy (non-hydrogen) atoms. The number of carbonyl (C=O) groups excluding carboxylic acids is 2. The van der Waals surface area contributed by atoms with Gasteiger partial charge in [0.05, 0.1) is 18.6 Å². The summed E-state index contributed by atoms with van der Waals surface area (Å²) in [5, 5.41) is 21.2. The van der Waals surface area contributed by atoms with Gasteiger partial charge in [-0.1, -0.05) is 62.4 Å². The number of benzene rings is 1. The van der Waals surface area contributed by atoms with E-state index in [4.69, 9.17) is 13.9 Å². The molecule has 4 atom stereocenters. The van der Waals surface area contributed by atoms with Gasteiger partial charge in [0.25, 0.3) is 0 Å². The van der Waals surface area contributed by atoms with E-state index in [-0.39, 0.29) is 29.1 Å². The van der Waals surface area contributed by atoms with Crippen molar-refractivity contribution >= 4 is 11.9 Å². The minimum absolute atomic E-state index is 0.0353. The van der Waals surface area contributed by atoms with Crippen LogP contribution in [-0.4, -0.2) is 58.8 Å². The number of allylic oxidation sites excluding steroid dienone is 6. The molecule has 0 fully saturated rings. The molecular weight excluding hydrogens is 548 g/mol. The molecule has 1 aromatic heterocycles. The highest BCUT2D eigenvalue weighted by Crippen LogP contribution is 2.39. The summed E-state index contributed by atoms with van der Waals surface area (Å²) in [5.41, 5.74) is 1.69. The van der Waals surface area contributed by atoms with Gasteiger partial charge in [-0.25, -0.2) is 9.78 Å². The Balaban J connectivity index is 1.41. The predicted molar refractivity (Wildman–Crippen MR) is 164 cm³/mol. The fourth-order valence-electron chi connectivity index (χ4n) is 4.72. The van der Waals surface area contributed by atoms with Crippen LogP contribution in [0.1, 0.15) is 85.1 Å². The van der Waals surface area contributed by atoms with E-state index < -0.39 is 18.2 Å². The number of oxazole rings is 1. The third kappa shape index (κ3) is 9.19. The van der Waals surface area contributed by atoms with Crippen LogP contribution in [0.3, 0.4) is 0 Å². The summed E-state index contributed by atoms with van der Waals surface area (Å²) in [6.45, 7) is 7.93. The Morgan fingerprint density at radius 1 is 1.16 bits per heavy atom. The van der Waals surface area contributed by atoms with Crippen molar-refractivity contribution in [2.75, 3.05) is 20.7 Å². The first-order chi connectivity index (χ1) is 20.5. The molecule has 0 unspecified atom stereocenters. The number of cyclic esters (lactones) is 1. The van der Waals surface area contributed by atoms with Gasteiger partial charge in [0.1, 0.15) is 29.8 Å². The van der Waals surface area contributed by atoms with Crippen molar-refractivity contribution in [1.29, 1.82) is 0 Å². The maximum absolute atomic E-state index is 12.6. The number of esters is 1. The molecule has 3 rings (SSSR count). The van der Waals surface area contributed by atoms with E-state index in [1.165, 1.54) is 6.08 Å². The molecule has 1 aliphatic heterocycles. The highest BCUT2D eigenvalue weighted by Gasteiger charge is 2.39. The molecule has 2 N–H and O–H groups in total. The van der Waals surface area contributed by atoms with E-state index in [1.54, 1.807) is 51.3 Å². The number of fused-ring (bicyclic) bond motifs is 1. The number of amides is 1. The summed E-state index contributed by atoms with van der Waals surface area (Å²) in [7, 11) is 3.30. The topological polar surface area (TPSA) is 122 Å². The lowest BCUT2D eigenvalue weighted by Gasteiger charge is -2.33. The molecule has 0 saturated carbocycles. The van der Waals surface area contributed by atoms with Crippen molar-refractivity contribution in [3.63, 3.8) is 0 Å². The number of methoxy groups -OCH3 is 1. The maximum Gasteiger partial charge on any atom is 0.342 e. The average molecular weight is 593 g/mol. The smallest absolute Gasteiger partial charge is 0.342 e. The van der Waals surface area contributed by atoms with Crippen molar-refractivity contribution < 1.29 is 33.7 Å². The Morgan fingerprint density at radius 2 is 1.88 bits per heavy atom. The number of aliphatic hydroxyl groups is 1. The fourth-order valence-corrected chi connectivity index (χ4v) is 4.72. The molecule has 9 heteroatoms. The molecule has 2 aromatic rings. The number of nitrogens with zero attached hydrogens (tertiary/aromatic N) is 2. The minimum atomic E-state index is -1.04. The van der Waals surface area contributed by atoms with Gasteiger partial charge in [-0.2, -0.15) is 0 Å². The summed E-state index contributed by atoms with van der Waals surface area (Å²) in [6.07, 6.45) is 16.6. The van der Waals surface area contributed by atoms with Crippen LogP contribution in [0.5, 0.6) is 5.75 Å². The van der Waals surface area contributed by atoms with Gasteiger partial charge in [-0.3, -0.25) is 4.79 Å². The van der Waals surface area contributed by atoms with Crippen LogP contribution >= 0.6 is 0 Å². The van der Waals surface area contributed by atoms with Crippen LogP contribution in [0.4, 0.5) is 0 Å². The van der Waals surface area contributed by atoms with Gasteiger partial charge in [-0.15, -0.1) is 0 Å². The predicted octanol–water partition coefficient (Wildman–Crippen LogP) is 6.09. The minimum Gasteiger partial charge on any atom is -0.507 e. The monoisotopic (exact) mass is 592 g/mol. The average Bonchev–Trinajstić information content (AvgIpc) is 3.45. The molecule has 1 aromatic carbocycles. The molecule has 0 aliphatic carbocycles. The number of likely N-dealkylation sites (N-methyl/N-ethyl adjacent to an activating group) is 1. The molecule has 232 valence electrons. The van der Waals surface area contributed by atoms with Crippen LogP contribution in [0, 0.1) is 12.8 Å². The van der Waals surface area contributed by atoms with Gasteiger partial charge in [0.2, 0.25) is 5.91 Å². The molecule has 1 aliphatic rings. The number of hydrogen-bond donors (Lipinski definition) is 2. The lowest BCUT2D eigenvalue weighted by Crippen LogP contribution is -2.37. The second-order valence-electron chi connectivity index (χ2n) is 11.1. The number of aromatic hydroxyl groups is 1. The van der Waals surface area contributed by atoms with Crippen LogP contribution < -0.4 is 0 Å². The molecular formula is C34H44N2O7. The largest absolute Gasteiger partial charge is 0.507 e. The molecule has 1 amide bonds. The SMILES string of the molecule is CO/C(C)=C/C(=O)N(C)C/C=C/CC/C=C\C=C/C[C@H](C)c1nc(C[C@H](C)[C@@H]2OC(=O)c3c(ccc(C)c3O)[C@H]2O)co1. The Morgan fingerprint density at radius 3 is 2.63 bits per heavy atom. The molecule has 2 heterocycles. The standard InChI is InChI=1S/C34H44N2O7/c1-22-16-17-27-29(30(22)38)34(40)43-32(31(27)39)24(3)19-26-21-42-33(35-26)23(2)15-13-11-9-7-8-10-12-14-18-36(5)28(37)20-25(4)41-6/h7,9,11-14,16-17,20-21,23-24,31-32,38-39H,8,10,15,18-19H2,1-6H3/b9-7-,13-11-,14-12+,25-20+/t23-,24-,31+,32-/m0/s1. The van der Waals surface area contributed by atoms with Crippen molar-refractivity contribution in [2.24, 2.45) is 5.92 Å². The molecule has 0 spiro atoms. The number of phenols is 1. The third-order valence-corrected chi connectivity index (χ3v) is 7.52. The molecule has 0 saturated heterocycles. The highest BCUT2D eigenvalue weighted by atomic mass is 16.6. The van der Waals surface area contributed by atoms with Crippen LogP contribution in [0.15, 0.2) is 71.1 Å². The number of aliphatic hydroxyl groups excluding tert-OH is 1. The summed E-state index contributed by atoms with van der Waals surface area (Å²) in [6, 6.07) is 3.35. The number of unbranched alkanes of at least 4 members (excludes halogenated alkanes) is 1. The molecule has 9 nitrogen and oxygen atoms in total. The van der Waals surface area contributed by atoms with Crippen LogP contribution in [-0.2, 0) is 20.7 Å². The third-order valence-electron chi connectivity index (χ3n) is 7.52. The number of ether oxygens (including phenoxy) is 2. The number of aromatic nitrogens is 1. The first-order valence-corrected chi connectivity index (χ1v) is 14.6. The first-order valence-electron chi connectivity index (χ1n) is 14.6. The lowest BCUT2D eigenvalue weighted by atomic mass is 9.86. The quantitative estimate of drug-likeness (QED) is 0.0675. The van der Waals surface area contributed by atoms with Crippen molar-refractivity contribution in [3.8, 4) is 5.75 Å². The van der Waals surface area contributed by atoms with E-state index in [9.17, 15) is 19.8 Å². The maximum atomic E-state index is 12.6. The number of carbonyl (C=O) groups is 2. The van der Waals surface area contributed by atoms with Gasteiger partial charge in [0, 0.05) is 37.1 Å². The Hall–Kier alpha value is -4.11. The second kappa shape index (κ2) is 15.9. The van der Waals surface area contributed by atoms with Gasteiger partial charge >= 0.3 is 5.97 Å². The zero-order valence-corrected chi connectivity index (χ0v) is 25.9. The number of rotatable bonds is 14. The van der Waals surface area contributed by atoms with Gasteiger partial charge in [-0.05, 0) is 45.1 Å². The lowest BCUT2D eigenvalue weighted by molar-refractivity contribution is -0.124. The number of aryl methyl sites for hydroxylation is 1. The Kier molecular flexibility index (Phi) is 12.4.